The van der Waals surface area contributed by atoms with Crippen molar-refractivity contribution in [3.63, 3.8) is 0 Å². The number of carbonyl (C=O) groups excluding carboxylic acids is 1. The summed E-state index contributed by atoms with van der Waals surface area (Å²) in [6.45, 7) is 5.16. The molecule has 0 saturated heterocycles. The zero-order valence-electron chi connectivity index (χ0n) is 7.63. The molecule has 0 aliphatic carbocycles. The van der Waals surface area contributed by atoms with Crippen LogP contribution >= 0.6 is 0 Å². The number of nitrogens with zero attached hydrogens (tertiary/aromatic N) is 1. The van der Waals surface area contributed by atoms with Gasteiger partial charge in [0.05, 0.1) is 0 Å². The van der Waals surface area contributed by atoms with Gasteiger partial charge in [0.1, 0.15) is 0 Å². The van der Waals surface area contributed by atoms with E-state index in [4.69, 9.17) is 5.73 Å². The first kappa shape index (κ1) is 10.4. The van der Waals surface area contributed by atoms with E-state index in [1.54, 1.807) is 0 Å². The molecule has 0 aliphatic rings. The lowest BCUT2D eigenvalue weighted by Crippen LogP contribution is -2.33. The standard InChI is InChI=1S/C8H18N2O/c1-4-5-10(3)7(2)6-8(9)11/h7H,4-6H2,1-3H3,(H2,9,11). The molecule has 0 radical (unpaired) electrons. The van der Waals surface area contributed by atoms with Crippen LogP contribution in [0.25, 0.3) is 0 Å². The summed E-state index contributed by atoms with van der Waals surface area (Å²) in [4.78, 5) is 12.7. The van der Waals surface area contributed by atoms with Gasteiger partial charge in [-0.2, -0.15) is 0 Å². The Morgan fingerprint density at radius 2 is 2.18 bits per heavy atom. The van der Waals surface area contributed by atoms with E-state index in [0.29, 0.717) is 6.42 Å². The number of hydrogen-bond acceptors (Lipinski definition) is 2. The first-order valence-corrected chi connectivity index (χ1v) is 4.06. The third-order valence-electron chi connectivity index (χ3n) is 1.83. The second-order valence-corrected chi connectivity index (χ2v) is 3.00. The lowest BCUT2D eigenvalue weighted by Gasteiger charge is -2.22. The number of carbonyl (C=O) groups is 1. The molecule has 0 saturated carbocycles. The molecule has 0 aliphatic heterocycles. The first-order chi connectivity index (χ1) is 5.07. The van der Waals surface area contributed by atoms with E-state index in [-0.39, 0.29) is 11.9 Å². The minimum absolute atomic E-state index is 0.222. The van der Waals surface area contributed by atoms with Gasteiger partial charge in [-0.1, -0.05) is 6.92 Å². The average Bonchev–Trinajstić information content (AvgIpc) is 1.86. The van der Waals surface area contributed by atoms with Crippen molar-refractivity contribution in [1.82, 2.24) is 4.90 Å². The van der Waals surface area contributed by atoms with E-state index in [0.717, 1.165) is 13.0 Å². The maximum absolute atomic E-state index is 10.5. The minimum atomic E-state index is -0.222. The van der Waals surface area contributed by atoms with E-state index in [1.165, 1.54) is 0 Å². The SMILES string of the molecule is CCCN(C)C(C)CC(N)=O. The van der Waals surface area contributed by atoms with Crippen LogP contribution in [0.4, 0.5) is 0 Å². The Morgan fingerprint density at radius 1 is 1.64 bits per heavy atom. The van der Waals surface area contributed by atoms with Crippen molar-refractivity contribution in [2.24, 2.45) is 5.73 Å². The molecule has 0 spiro atoms. The highest BCUT2D eigenvalue weighted by atomic mass is 16.1. The Morgan fingerprint density at radius 3 is 2.55 bits per heavy atom. The number of amides is 1. The van der Waals surface area contributed by atoms with Gasteiger partial charge in [0.25, 0.3) is 0 Å². The lowest BCUT2D eigenvalue weighted by molar-refractivity contribution is -0.119. The first-order valence-electron chi connectivity index (χ1n) is 4.06. The molecule has 0 fully saturated rings. The molecule has 0 rings (SSSR count). The second-order valence-electron chi connectivity index (χ2n) is 3.00. The van der Waals surface area contributed by atoms with Crippen LogP contribution in [-0.2, 0) is 4.79 Å². The molecular formula is C8H18N2O. The summed E-state index contributed by atoms with van der Waals surface area (Å²) < 4.78 is 0. The summed E-state index contributed by atoms with van der Waals surface area (Å²) in [5.74, 6) is -0.222. The predicted molar refractivity (Wildman–Crippen MR) is 46.2 cm³/mol. The highest BCUT2D eigenvalue weighted by Crippen LogP contribution is 2.00. The molecule has 3 heteroatoms. The molecule has 0 aromatic carbocycles. The zero-order chi connectivity index (χ0) is 8.85. The maximum atomic E-state index is 10.5. The van der Waals surface area contributed by atoms with Crippen LogP contribution < -0.4 is 5.73 Å². The van der Waals surface area contributed by atoms with Gasteiger partial charge in [-0.25, -0.2) is 0 Å². The molecule has 2 N–H and O–H groups in total. The Labute approximate surface area is 68.6 Å². The van der Waals surface area contributed by atoms with Crippen LogP contribution in [0.1, 0.15) is 26.7 Å². The van der Waals surface area contributed by atoms with Gasteiger partial charge < -0.3 is 10.6 Å². The predicted octanol–water partition coefficient (Wildman–Crippen LogP) is 0.592. The highest BCUT2D eigenvalue weighted by molar-refractivity contribution is 5.74. The fraction of sp³-hybridized carbons (Fsp3) is 0.875. The van der Waals surface area contributed by atoms with Gasteiger partial charge in [-0.3, -0.25) is 4.79 Å². The second kappa shape index (κ2) is 5.13. The van der Waals surface area contributed by atoms with E-state index in [1.807, 2.05) is 14.0 Å². The number of rotatable bonds is 5. The third-order valence-corrected chi connectivity index (χ3v) is 1.83. The molecule has 1 unspecified atom stereocenters. The Bertz CT molecular complexity index is 125. The van der Waals surface area contributed by atoms with E-state index >= 15 is 0 Å². The van der Waals surface area contributed by atoms with E-state index in [2.05, 4.69) is 11.8 Å². The van der Waals surface area contributed by atoms with Gasteiger partial charge in [-0.15, -0.1) is 0 Å². The van der Waals surface area contributed by atoms with Crippen molar-refractivity contribution < 1.29 is 4.79 Å². The molecule has 0 heterocycles. The summed E-state index contributed by atoms with van der Waals surface area (Å²) in [6.07, 6.45) is 1.57. The van der Waals surface area contributed by atoms with Crippen LogP contribution in [0.5, 0.6) is 0 Å². The van der Waals surface area contributed by atoms with Crippen LogP contribution in [0.15, 0.2) is 0 Å². The highest BCUT2D eigenvalue weighted by Gasteiger charge is 2.09. The molecule has 1 atom stereocenters. The van der Waals surface area contributed by atoms with Gasteiger partial charge in [0, 0.05) is 12.5 Å². The minimum Gasteiger partial charge on any atom is -0.370 e. The topological polar surface area (TPSA) is 46.3 Å². The van der Waals surface area contributed by atoms with Gasteiger partial charge in [0.2, 0.25) is 5.91 Å². The molecule has 66 valence electrons. The van der Waals surface area contributed by atoms with Crippen molar-refractivity contribution in [3.05, 3.63) is 0 Å². The smallest absolute Gasteiger partial charge is 0.218 e. The number of hydrogen-bond donors (Lipinski definition) is 1. The van der Waals surface area contributed by atoms with Crippen molar-refractivity contribution in [3.8, 4) is 0 Å². The third kappa shape index (κ3) is 4.79. The largest absolute Gasteiger partial charge is 0.370 e. The Hall–Kier alpha value is -0.570. The number of nitrogens with two attached hydrogens (primary N) is 1. The van der Waals surface area contributed by atoms with E-state index < -0.39 is 0 Å². The summed E-state index contributed by atoms with van der Waals surface area (Å²) in [5.41, 5.74) is 5.06. The normalized spacial score (nSPS) is 13.5. The van der Waals surface area contributed by atoms with Crippen molar-refractivity contribution in [2.45, 2.75) is 32.7 Å². The summed E-state index contributed by atoms with van der Waals surface area (Å²) >= 11 is 0. The quantitative estimate of drug-likeness (QED) is 0.636. The monoisotopic (exact) mass is 158 g/mol. The lowest BCUT2D eigenvalue weighted by atomic mass is 10.2. The van der Waals surface area contributed by atoms with Gasteiger partial charge in [-0.05, 0) is 26.9 Å². The molecule has 0 bridgehead atoms. The molecule has 1 amide bonds. The van der Waals surface area contributed by atoms with Crippen LogP contribution in [0.2, 0.25) is 0 Å². The van der Waals surface area contributed by atoms with Crippen molar-refractivity contribution in [2.75, 3.05) is 13.6 Å². The van der Waals surface area contributed by atoms with Gasteiger partial charge >= 0.3 is 0 Å². The zero-order valence-corrected chi connectivity index (χ0v) is 7.63. The fourth-order valence-electron chi connectivity index (χ4n) is 1.02. The molecule has 0 aromatic heterocycles. The van der Waals surface area contributed by atoms with Crippen LogP contribution in [-0.4, -0.2) is 30.4 Å². The summed E-state index contributed by atoms with van der Waals surface area (Å²) in [5, 5.41) is 0. The van der Waals surface area contributed by atoms with Crippen molar-refractivity contribution in [1.29, 1.82) is 0 Å². The van der Waals surface area contributed by atoms with Crippen LogP contribution in [0.3, 0.4) is 0 Å². The van der Waals surface area contributed by atoms with Gasteiger partial charge in [0.15, 0.2) is 0 Å². The van der Waals surface area contributed by atoms with Crippen LogP contribution in [0, 0.1) is 0 Å². The summed E-state index contributed by atoms with van der Waals surface area (Å²) in [7, 11) is 2.01. The molecule has 3 nitrogen and oxygen atoms in total. The number of primary amides is 1. The maximum Gasteiger partial charge on any atom is 0.218 e. The Kier molecular flexibility index (Phi) is 4.86. The summed E-state index contributed by atoms with van der Waals surface area (Å²) in [6, 6.07) is 0.271. The molecule has 0 aromatic rings. The average molecular weight is 158 g/mol. The molecular weight excluding hydrogens is 140 g/mol. The van der Waals surface area contributed by atoms with Crippen molar-refractivity contribution >= 4 is 5.91 Å². The Balaban J connectivity index is 3.63. The van der Waals surface area contributed by atoms with E-state index in [9.17, 15) is 4.79 Å². The molecule has 11 heavy (non-hydrogen) atoms. The fourth-order valence-corrected chi connectivity index (χ4v) is 1.02.